The number of benzene rings is 2. The number of hydrogen-bond donors (Lipinski definition) is 2. The molecule has 33 heavy (non-hydrogen) atoms. The number of rotatable bonds is 5. The summed E-state index contributed by atoms with van der Waals surface area (Å²) in [4.78, 5) is 15.1. The van der Waals surface area contributed by atoms with Crippen LogP contribution in [0.15, 0.2) is 66.9 Å². The van der Waals surface area contributed by atoms with Gasteiger partial charge in [0.1, 0.15) is 18.0 Å². The molecule has 1 aliphatic carbocycles. The van der Waals surface area contributed by atoms with Crippen LogP contribution in [-0.4, -0.2) is 56.9 Å². The van der Waals surface area contributed by atoms with Gasteiger partial charge in [-0.05, 0) is 41.8 Å². The number of carbonyl (C=O) groups is 1. The van der Waals surface area contributed by atoms with Gasteiger partial charge >= 0.3 is 0 Å². The third kappa shape index (κ3) is 4.57. The number of aliphatic hydroxyl groups excluding tert-OH is 1. The van der Waals surface area contributed by atoms with Gasteiger partial charge in [0.2, 0.25) is 0 Å². The van der Waals surface area contributed by atoms with E-state index in [1.165, 1.54) is 17.3 Å². The molecule has 1 fully saturated rings. The van der Waals surface area contributed by atoms with Crippen LogP contribution in [0.5, 0.6) is 5.75 Å². The van der Waals surface area contributed by atoms with Crippen molar-refractivity contribution in [2.75, 3.05) is 6.54 Å². The smallest absolute Gasteiger partial charge is 0.272 e. The Morgan fingerprint density at radius 3 is 2.67 bits per heavy atom. The molecule has 7 nitrogen and oxygen atoms in total. The van der Waals surface area contributed by atoms with E-state index >= 15 is 0 Å². The van der Waals surface area contributed by atoms with Crippen LogP contribution >= 0.6 is 11.6 Å². The van der Waals surface area contributed by atoms with Crippen LogP contribution in [0.25, 0.3) is 0 Å². The van der Waals surface area contributed by atoms with Gasteiger partial charge in [0.15, 0.2) is 5.69 Å². The Balaban J connectivity index is 1.40. The van der Waals surface area contributed by atoms with Gasteiger partial charge in [-0.2, -0.15) is 5.10 Å². The van der Waals surface area contributed by atoms with Crippen molar-refractivity contribution in [3.05, 3.63) is 88.7 Å². The first-order valence-electron chi connectivity index (χ1n) is 11.1. The number of nitrogens with zero attached hydrogens (tertiary/aromatic N) is 3. The number of fused-ring (bicyclic) bond motifs is 1. The summed E-state index contributed by atoms with van der Waals surface area (Å²) in [6.07, 6.45) is 1.54. The van der Waals surface area contributed by atoms with Crippen molar-refractivity contribution >= 4 is 17.5 Å². The lowest BCUT2D eigenvalue weighted by atomic mass is 9.97. The maximum absolute atomic E-state index is 12.9. The lowest BCUT2D eigenvalue weighted by Crippen LogP contribution is -2.54. The van der Waals surface area contributed by atoms with E-state index < -0.39 is 12.2 Å². The van der Waals surface area contributed by atoms with Crippen LogP contribution < -0.4 is 10.1 Å². The van der Waals surface area contributed by atoms with Gasteiger partial charge in [0, 0.05) is 25.7 Å². The van der Waals surface area contributed by atoms with Crippen molar-refractivity contribution in [1.29, 1.82) is 0 Å². The molecule has 0 unspecified atom stereocenters. The zero-order valence-electron chi connectivity index (χ0n) is 18.0. The molecule has 1 aromatic heterocycles. The standard InChI is InChI=1S/C25H25ClN4O3/c26-18-8-3-4-10-21(18)33-22-14-20(28-25(32)19-9-5-12-27-29-19)23(24(22)31)30-13-11-16-6-1-2-7-17(16)15-30/h1-10,12,20,22-24,31H,11,13-15H2,(H,28,32)/t20-,22-,23+,24+/m1/s1. The molecule has 2 aliphatic rings. The highest BCUT2D eigenvalue weighted by molar-refractivity contribution is 6.32. The van der Waals surface area contributed by atoms with Crippen molar-refractivity contribution in [1.82, 2.24) is 20.4 Å². The van der Waals surface area contributed by atoms with Gasteiger partial charge in [0.25, 0.3) is 5.91 Å². The summed E-state index contributed by atoms with van der Waals surface area (Å²) in [5.74, 6) is 0.202. The van der Waals surface area contributed by atoms with Gasteiger partial charge in [-0.3, -0.25) is 9.69 Å². The summed E-state index contributed by atoms with van der Waals surface area (Å²) in [7, 11) is 0. The van der Waals surface area contributed by atoms with Crippen molar-refractivity contribution in [3.8, 4) is 5.75 Å². The molecule has 0 spiro atoms. The minimum absolute atomic E-state index is 0.241. The molecule has 2 aromatic carbocycles. The van der Waals surface area contributed by atoms with E-state index in [-0.39, 0.29) is 23.7 Å². The van der Waals surface area contributed by atoms with Crippen molar-refractivity contribution < 1.29 is 14.6 Å². The number of carbonyl (C=O) groups excluding carboxylic acids is 1. The second-order valence-electron chi connectivity index (χ2n) is 8.48. The number of halogens is 1. The van der Waals surface area contributed by atoms with Crippen LogP contribution in [0, 0.1) is 0 Å². The van der Waals surface area contributed by atoms with Gasteiger partial charge in [-0.25, -0.2) is 0 Å². The topological polar surface area (TPSA) is 87.6 Å². The van der Waals surface area contributed by atoms with Crippen LogP contribution in [0.4, 0.5) is 0 Å². The van der Waals surface area contributed by atoms with E-state index in [0.717, 1.165) is 13.0 Å². The number of ether oxygens (including phenoxy) is 1. The van der Waals surface area contributed by atoms with E-state index in [4.69, 9.17) is 16.3 Å². The van der Waals surface area contributed by atoms with Crippen LogP contribution in [0.2, 0.25) is 5.02 Å². The predicted octanol–water partition coefficient (Wildman–Crippen LogP) is 2.87. The molecule has 0 bridgehead atoms. The fourth-order valence-corrected chi connectivity index (χ4v) is 5.04. The van der Waals surface area contributed by atoms with Crippen LogP contribution in [0.1, 0.15) is 28.0 Å². The molecule has 8 heteroatoms. The highest BCUT2D eigenvalue weighted by Crippen LogP contribution is 2.34. The van der Waals surface area contributed by atoms with Crippen molar-refractivity contribution in [3.63, 3.8) is 0 Å². The average Bonchev–Trinajstić information content (AvgIpc) is 3.15. The first-order valence-corrected chi connectivity index (χ1v) is 11.5. The molecular weight excluding hydrogens is 440 g/mol. The Morgan fingerprint density at radius 1 is 1.09 bits per heavy atom. The predicted molar refractivity (Wildman–Crippen MR) is 124 cm³/mol. The number of aliphatic hydroxyl groups is 1. The Hall–Kier alpha value is -3.00. The third-order valence-electron chi connectivity index (χ3n) is 6.45. The fourth-order valence-electron chi connectivity index (χ4n) is 4.86. The Labute approximate surface area is 197 Å². The Bertz CT molecular complexity index is 1130. The number of aromatic nitrogens is 2. The van der Waals surface area contributed by atoms with E-state index in [0.29, 0.717) is 23.7 Å². The van der Waals surface area contributed by atoms with Gasteiger partial charge in [0.05, 0.1) is 17.1 Å². The SMILES string of the molecule is O=C(N[C@@H]1C[C@@H](Oc2ccccc2Cl)[C@H](O)[C@H]1N1CCc2ccccc2C1)c1cccnn1. The highest BCUT2D eigenvalue weighted by atomic mass is 35.5. The Kier molecular flexibility index (Phi) is 6.26. The lowest BCUT2D eigenvalue weighted by molar-refractivity contribution is 0.00261. The van der Waals surface area contributed by atoms with E-state index in [1.807, 2.05) is 18.2 Å². The van der Waals surface area contributed by atoms with E-state index in [1.54, 1.807) is 24.3 Å². The first kappa shape index (κ1) is 21.8. The zero-order chi connectivity index (χ0) is 22.8. The zero-order valence-corrected chi connectivity index (χ0v) is 18.7. The van der Waals surface area contributed by atoms with Crippen LogP contribution in [-0.2, 0) is 13.0 Å². The largest absolute Gasteiger partial charge is 0.486 e. The number of nitrogens with one attached hydrogen (secondary N) is 1. The monoisotopic (exact) mass is 464 g/mol. The van der Waals surface area contributed by atoms with Gasteiger partial charge < -0.3 is 15.2 Å². The summed E-state index contributed by atoms with van der Waals surface area (Å²) < 4.78 is 6.14. The summed E-state index contributed by atoms with van der Waals surface area (Å²) in [5, 5.41) is 22.6. The van der Waals surface area contributed by atoms with Gasteiger partial charge in [-0.15, -0.1) is 5.10 Å². The van der Waals surface area contributed by atoms with E-state index in [2.05, 4.69) is 38.6 Å². The molecule has 0 saturated heterocycles. The molecule has 170 valence electrons. The normalized spacial score (nSPS) is 24.8. The molecule has 5 rings (SSSR count). The first-order chi connectivity index (χ1) is 16.1. The molecule has 0 radical (unpaired) electrons. The average molecular weight is 465 g/mol. The quantitative estimate of drug-likeness (QED) is 0.603. The minimum atomic E-state index is -0.807. The molecule has 2 N–H and O–H groups in total. The molecule has 1 amide bonds. The molecule has 2 heterocycles. The molecular formula is C25H25ClN4O3. The van der Waals surface area contributed by atoms with Gasteiger partial charge in [-0.1, -0.05) is 48.0 Å². The summed E-state index contributed by atoms with van der Waals surface area (Å²) >= 11 is 6.29. The molecule has 1 aliphatic heterocycles. The number of para-hydroxylation sites is 1. The maximum atomic E-state index is 12.9. The van der Waals surface area contributed by atoms with Crippen molar-refractivity contribution in [2.45, 2.75) is 43.7 Å². The fraction of sp³-hybridized carbons (Fsp3) is 0.320. The molecule has 1 saturated carbocycles. The van der Waals surface area contributed by atoms with Crippen molar-refractivity contribution in [2.24, 2.45) is 0 Å². The molecule has 3 aromatic rings. The van der Waals surface area contributed by atoms with Crippen LogP contribution in [0.3, 0.4) is 0 Å². The second-order valence-corrected chi connectivity index (χ2v) is 8.89. The summed E-state index contributed by atoms with van der Waals surface area (Å²) in [6.45, 7) is 1.49. The highest BCUT2D eigenvalue weighted by Gasteiger charge is 2.48. The molecule has 4 atom stereocenters. The Morgan fingerprint density at radius 2 is 1.88 bits per heavy atom. The number of amides is 1. The maximum Gasteiger partial charge on any atom is 0.272 e. The summed E-state index contributed by atoms with van der Waals surface area (Å²) in [6, 6.07) is 18.2. The second kappa shape index (κ2) is 9.47. The van der Waals surface area contributed by atoms with E-state index in [9.17, 15) is 9.90 Å². The summed E-state index contributed by atoms with van der Waals surface area (Å²) in [5.41, 5.74) is 2.81. The minimum Gasteiger partial charge on any atom is -0.486 e. The number of hydrogen-bond acceptors (Lipinski definition) is 6. The lowest BCUT2D eigenvalue weighted by Gasteiger charge is -2.38. The third-order valence-corrected chi connectivity index (χ3v) is 6.76.